The summed E-state index contributed by atoms with van der Waals surface area (Å²) in [4.78, 5) is 26.7. The zero-order valence-electron chi connectivity index (χ0n) is 10.6. The number of methoxy groups -OCH3 is 1. The van der Waals surface area contributed by atoms with Crippen molar-refractivity contribution in [2.24, 2.45) is 0 Å². The van der Waals surface area contributed by atoms with Crippen molar-refractivity contribution in [3.63, 3.8) is 0 Å². The number of aromatic nitrogens is 1. The first-order valence-electron chi connectivity index (χ1n) is 5.82. The van der Waals surface area contributed by atoms with Crippen molar-refractivity contribution >= 4 is 11.8 Å². The van der Waals surface area contributed by atoms with Crippen molar-refractivity contribution < 1.29 is 19.1 Å². The highest BCUT2D eigenvalue weighted by atomic mass is 16.5. The molecule has 0 aliphatic heterocycles. The van der Waals surface area contributed by atoms with Crippen LogP contribution < -0.4 is 4.74 Å². The molecular weight excluding hydrogens is 234 g/mol. The van der Waals surface area contributed by atoms with Crippen molar-refractivity contribution in [3.8, 4) is 5.88 Å². The van der Waals surface area contributed by atoms with Gasteiger partial charge in [-0.1, -0.05) is 6.07 Å². The van der Waals surface area contributed by atoms with Crippen molar-refractivity contribution in [3.05, 3.63) is 23.9 Å². The Morgan fingerprint density at radius 3 is 2.61 bits per heavy atom. The average molecular weight is 251 g/mol. The number of carbonyl (C=O) groups excluding carboxylic acids is 2. The Kier molecular flexibility index (Phi) is 5.84. The Bertz CT molecular complexity index is 400. The Labute approximate surface area is 106 Å². The lowest BCUT2D eigenvalue weighted by Gasteiger charge is -2.03. The van der Waals surface area contributed by atoms with E-state index in [1.165, 1.54) is 7.11 Å². The molecule has 0 bridgehead atoms. The predicted molar refractivity (Wildman–Crippen MR) is 65.4 cm³/mol. The van der Waals surface area contributed by atoms with Crippen LogP contribution >= 0.6 is 0 Å². The number of ketones is 1. The average Bonchev–Trinajstić information content (AvgIpc) is 2.38. The van der Waals surface area contributed by atoms with Crippen molar-refractivity contribution in [1.29, 1.82) is 0 Å². The van der Waals surface area contributed by atoms with Gasteiger partial charge in [-0.05, 0) is 12.5 Å². The van der Waals surface area contributed by atoms with E-state index in [0.29, 0.717) is 12.5 Å². The molecule has 0 unspecified atom stereocenters. The van der Waals surface area contributed by atoms with Crippen LogP contribution in [-0.4, -0.2) is 30.5 Å². The molecule has 0 N–H and O–H groups in total. The monoisotopic (exact) mass is 251 g/mol. The summed E-state index contributed by atoms with van der Waals surface area (Å²) in [5, 5.41) is 0. The molecule has 1 aromatic rings. The molecule has 1 aromatic heterocycles. The van der Waals surface area contributed by atoms with E-state index in [4.69, 9.17) is 9.47 Å². The minimum Gasteiger partial charge on any atom is -0.481 e. The van der Waals surface area contributed by atoms with Crippen LogP contribution in [0, 0.1) is 0 Å². The Hall–Kier alpha value is -1.91. The van der Waals surface area contributed by atoms with Crippen molar-refractivity contribution in [2.75, 3.05) is 13.7 Å². The fourth-order valence-corrected chi connectivity index (χ4v) is 1.43. The van der Waals surface area contributed by atoms with Crippen LogP contribution in [0.2, 0.25) is 0 Å². The van der Waals surface area contributed by atoms with Crippen LogP contribution in [-0.2, 0) is 20.7 Å². The molecule has 0 aromatic carbocycles. The first-order valence-corrected chi connectivity index (χ1v) is 5.82. The van der Waals surface area contributed by atoms with Gasteiger partial charge in [0.05, 0.1) is 20.1 Å². The maximum absolute atomic E-state index is 11.6. The number of rotatable bonds is 7. The second kappa shape index (κ2) is 7.42. The number of nitrogens with zero attached hydrogens (tertiary/aromatic N) is 1. The molecule has 0 atom stereocenters. The third-order valence-corrected chi connectivity index (χ3v) is 2.32. The molecule has 5 heteroatoms. The van der Waals surface area contributed by atoms with E-state index in [1.54, 1.807) is 25.3 Å². The zero-order chi connectivity index (χ0) is 13.4. The summed E-state index contributed by atoms with van der Waals surface area (Å²) < 4.78 is 9.68. The fraction of sp³-hybridized carbons (Fsp3) is 0.462. The molecule has 0 radical (unpaired) electrons. The maximum atomic E-state index is 11.6. The number of hydrogen-bond acceptors (Lipinski definition) is 5. The van der Waals surface area contributed by atoms with Gasteiger partial charge in [-0.2, -0.15) is 0 Å². The summed E-state index contributed by atoms with van der Waals surface area (Å²) in [7, 11) is 1.53. The van der Waals surface area contributed by atoms with Gasteiger partial charge in [-0.25, -0.2) is 4.98 Å². The summed E-state index contributed by atoms with van der Waals surface area (Å²) in [5.41, 5.74) is 0.810. The van der Waals surface area contributed by atoms with Gasteiger partial charge in [0.15, 0.2) is 0 Å². The molecule has 18 heavy (non-hydrogen) atoms. The second-order valence-corrected chi connectivity index (χ2v) is 3.73. The first-order chi connectivity index (χ1) is 8.65. The maximum Gasteiger partial charge on any atom is 0.306 e. The topological polar surface area (TPSA) is 65.5 Å². The van der Waals surface area contributed by atoms with Crippen LogP contribution in [0.4, 0.5) is 0 Å². The van der Waals surface area contributed by atoms with Crippen molar-refractivity contribution in [2.45, 2.75) is 26.2 Å². The number of Topliss-reactive ketones (excluding diaryl/α,β-unsaturated/α-hetero) is 1. The molecule has 0 spiro atoms. The number of ether oxygens (including phenoxy) is 2. The van der Waals surface area contributed by atoms with E-state index < -0.39 is 0 Å². The number of hydrogen-bond donors (Lipinski definition) is 0. The van der Waals surface area contributed by atoms with Gasteiger partial charge in [0.1, 0.15) is 5.78 Å². The summed E-state index contributed by atoms with van der Waals surface area (Å²) in [6, 6.07) is 3.49. The standard InChI is InChI=1S/C13H17NO4/c1-3-18-13(16)7-5-11(15)8-10-4-6-12(17-2)14-9-10/h4,6,9H,3,5,7-8H2,1-2H3. The molecule has 0 amide bonds. The molecule has 98 valence electrons. The van der Waals surface area contributed by atoms with Gasteiger partial charge < -0.3 is 9.47 Å². The van der Waals surface area contributed by atoms with E-state index in [9.17, 15) is 9.59 Å². The molecule has 0 fully saturated rings. The molecule has 1 heterocycles. The Morgan fingerprint density at radius 2 is 2.06 bits per heavy atom. The van der Waals surface area contributed by atoms with Crippen LogP contribution in [0.3, 0.4) is 0 Å². The fourth-order valence-electron chi connectivity index (χ4n) is 1.43. The van der Waals surface area contributed by atoms with Crippen LogP contribution in [0.25, 0.3) is 0 Å². The van der Waals surface area contributed by atoms with E-state index in [0.717, 1.165) is 5.56 Å². The predicted octanol–water partition coefficient (Wildman–Crippen LogP) is 1.55. The van der Waals surface area contributed by atoms with Crippen LogP contribution in [0.5, 0.6) is 5.88 Å². The largest absolute Gasteiger partial charge is 0.481 e. The van der Waals surface area contributed by atoms with Gasteiger partial charge in [0.25, 0.3) is 0 Å². The number of carbonyl (C=O) groups is 2. The van der Waals surface area contributed by atoms with Gasteiger partial charge in [-0.15, -0.1) is 0 Å². The highest BCUT2D eigenvalue weighted by Gasteiger charge is 2.08. The molecule has 0 saturated carbocycles. The van der Waals surface area contributed by atoms with Gasteiger partial charge in [0.2, 0.25) is 5.88 Å². The quantitative estimate of drug-likeness (QED) is 0.688. The normalized spacial score (nSPS) is 9.89. The van der Waals surface area contributed by atoms with Gasteiger partial charge in [0, 0.05) is 25.1 Å². The lowest BCUT2D eigenvalue weighted by molar-refractivity contribution is -0.144. The lowest BCUT2D eigenvalue weighted by atomic mass is 10.1. The highest BCUT2D eigenvalue weighted by molar-refractivity contribution is 5.84. The number of esters is 1. The molecule has 0 saturated heterocycles. The SMILES string of the molecule is CCOC(=O)CCC(=O)Cc1ccc(OC)nc1. The first kappa shape index (κ1) is 14.2. The Morgan fingerprint density at radius 1 is 1.28 bits per heavy atom. The van der Waals surface area contributed by atoms with E-state index in [-0.39, 0.29) is 31.0 Å². The summed E-state index contributed by atoms with van der Waals surface area (Å²) in [5.74, 6) is 0.173. The van der Waals surface area contributed by atoms with E-state index in [1.807, 2.05) is 0 Å². The molecule has 0 aliphatic carbocycles. The Balaban J connectivity index is 2.37. The smallest absolute Gasteiger partial charge is 0.306 e. The van der Waals surface area contributed by atoms with Crippen LogP contribution in [0.15, 0.2) is 18.3 Å². The number of pyridine rings is 1. The minimum atomic E-state index is -0.335. The summed E-state index contributed by atoms with van der Waals surface area (Å²) >= 11 is 0. The molecule has 0 aliphatic rings. The minimum absolute atomic E-state index is 0.00461. The lowest BCUT2D eigenvalue weighted by Crippen LogP contribution is -2.09. The van der Waals surface area contributed by atoms with Crippen molar-refractivity contribution in [1.82, 2.24) is 4.98 Å². The molecular formula is C13H17NO4. The molecule has 5 nitrogen and oxygen atoms in total. The summed E-state index contributed by atoms with van der Waals surface area (Å²) in [6.45, 7) is 2.08. The van der Waals surface area contributed by atoms with Crippen LogP contribution in [0.1, 0.15) is 25.3 Å². The second-order valence-electron chi connectivity index (χ2n) is 3.73. The highest BCUT2D eigenvalue weighted by Crippen LogP contribution is 2.08. The molecule has 1 rings (SSSR count). The summed E-state index contributed by atoms with van der Waals surface area (Å²) in [6.07, 6.45) is 2.21. The third-order valence-electron chi connectivity index (χ3n) is 2.32. The third kappa shape index (κ3) is 4.95. The van der Waals surface area contributed by atoms with Gasteiger partial charge >= 0.3 is 5.97 Å². The van der Waals surface area contributed by atoms with E-state index >= 15 is 0 Å². The van der Waals surface area contributed by atoms with E-state index in [2.05, 4.69) is 4.98 Å². The zero-order valence-corrected chi connectivity index (χ0v) is 10.6. The van der Waals surface area contributed by atoms with Gasteiger partial charge in [-0.3, -0.25) is 9.59 Å².